The number of benzene rings is 2. The van der Waals surface area contributed by atoms with Gasteiger partial charge in [-0.15, -0.1) is 0 Å². The van der Waals surface area contributed by atoms with Crippen molar-refractivity contribution in [2.45, 2.75) is 116 Å². The molecule has 11 nitrogen and oxygen atoms in total. The lowest BCUT2D eigenvalue weighted by Crippen LogP contribution is -2.62. The second-order valence-electron chi connectivity index (χ2n) is 17.8. The summed E-state index contributed by atoms with van der Waals surface area (Å²) >= 11 is 0. The predicted octanol–water partition coefficient (Wildman–Crippen LogP) is 5.47. The molecule has 2 saturated heterocycles. The molecule has 9 atom stereocenters. The van der Waals surface area contributed by atoms with E-state index in [0.29, 0.717) is 29.1 Å². The Morgan fingerprint density at radius 1 is 1.11 bits per heavy atom. The van der Waals surface area contributed by atoms with Gasteiger partial charge in [-0.1, -0.05) is 52.3 Å². The first kappa shape index (κ1) is 41.4. The van der Waals surface area contributed by atoms with Crippen molar-refractivity contribution in [1.29, 1.82) is 0 Å². The first-order chi connectivity index (χ1) is 26.3. The zero-order valence-corrected chi connectivity index (χ0v) is 34.5. The molecule has 0 aromatic heterocycles. The van der Waals surface area contributed by atoms with E-state index in [0.717, 1.165) is 74.1 Å². The number of likely N-dealkylation sites (N-methyl/N-ethyl adjacent to an activating group) is 1. The number of methoxy groups -OCH3 is 1. The Morgan fingerprint density at radius 3 is 2.47 bits per heavy atom. The van der Waals surface area contributed by atoms with Crippen LogP contribution in [0.2, 0.25) is 0 Å². The minimum absolute atomic E-state index is 0.0325. The Labute approximate surface area is 329 Å². The number of fused-ring (bicyclic) bond motifs is 2. The summed E-state index contributed by atoms with van der Waals surface area (Å²) in [5.41, 5.74) is 4.39. The number of ether oxygens (including phenoxy) is 1. The number of para-hydroxylation sites is 1. The maximum absolute atomic E-state index is 14.3. The molecule has 2 aromatic rings. The van der Waals surface area contributed by atoms with Crippen LogP contribution in [0.3, 0.4) is 0 Å². The van der Waals surface area contributed by atoms with Gasteiger partial charge in [0.15, 0.2) is 0 Å². The average molecular weight is 762 g/mol. The summed E-state index contributed by atoms with van der Waals surface area (Å²) in [6, 6.07) is 11.3. The number of nitrogens with zero attached hydrogens (tertiary/aromatic N) is 3. The van der Waals surface area contributed by atoms with E-state index in [1.807, 2.05) is 44.4 Å². The van der Waals surface area contributed by atoms with Crippen LogP contribution in [0.4, 0.5) is 5.69 Å². The molecule has 4 N–H and O–H groups in total. The molecule has 3 saturated carbocycles. The number of hydrogen-bond acceptors (Lipinski definition) is 9. The molecular weight excluding hydrogens is 695 g/mol. The molecule has 5 aliphatic rings. The van der Waals surface area contributed by atoms with Crippen molar-refractivity contribution in [3.05, 3.63) is 47.5 Å². The summed E-state index contributed by atoms with van der Waals surface area (Å²) in [5.74, 6) is 1.19. The number of rotatable bonds is 15. The van der Waals surface area contributed by atoms with Crippen molar-refractivity contribution in [3.63, 3.8) is 0 Å². The molecule has 3 aliphatic carbocycles. The highest BCUT2D eigenvalue weighted by atomic mass is 16.7. The van der Waals surface area contributed by atoms with Crippen molar-refractivity contribution >= 4 is 17.5 Å². The van der Waals surface area contributed by atoms with E-state index < -0.39 is 24.2 Å². The minimum atomic E-state index is -0.890. The smallest absolute Gasteiger partial charge is 0.251 e. The predicted molar refractivity (Wildman–Crippen MR) is 217 cm³/mol. The number of hydroxylamine groups is 2. The highest BCUT2D eigenvalue weighted by Gasteiger charge is 2.57. The third-order valence-electron chi connectivity index (χ3n) is 13.5. The van der Waals surface area contributed by atoms with Gasteiger partial charge in [-0.25, -0.2) is 0 Å². The van der Waals surface area contributed by atoms with Crippen LogP contribution in [0.25, 0.3) is 11.1 Å². The molecule has 2 aromatic carbocycles. The molecule has 2 amide bonds. The second kappa shape index (κ2) is 17.5. The summed E-state index contributed by atoms with van der Waals surface area (Å²) in [6.45, 7) is 13.2. The molecule has 7 rings (SSSR count). The average Bonchev–Trinajstić information content (AvgIpc) is 3.54. The molecule has 2 heterocycles. The fourth-order valence-electron chi connectivity index (χ4n) is 10.3. The van der Waals surface area contributed by atoms with Gasteiger partial charge >= 0.3 is 0 Å². The van der Waals surface area contributed by atoms with E-state index in [1.165, 1.54) is 12.8 Å². The Hall–Kier alpha value is -3.22. The molecule has 5 fully saturated rings. The maximum Gasteiger partial charge on any atom is 0.251 e. The van der Waals surface area contributed by atoms with Crippen LogP contribution in [0.5, 0.6) is 5.75 Å². The number of anilines is 1. The highest BCUT2D eigenvalue weighted by Crippen LogP contribution is 2.61. The zero-order valence-electron chi connectivity index (χ0n) is 34.5. The Bertz CT molecular complexity index is 1640. The van der Waals surface area contributed by atoms with Gasteiger partial charge in [0.1, 0.15) is 17.9 Å². The molecule has 0 spiro atoms. The first-order valence-electron chi connectivity index (χ1n) is 20.8. The van der Waals surface area contributed by atoms with Crippen LogP contribution in [-0.4, -0.2) is 110 Å². The normalized spacial score (nSPS) is 28.7. The Morgan fingerprint density at radius 2 is 1.85 bits per heavy atom. The van der Waals surface area contributed by atoms with E-state index in [1.54, 1.807) is 19.1 Å². The number of aliphatic hydroxyl groups is 2. The molecule has 2 bridgehead atoms. The third kappa shape index (κ3) is 8.71. The molecule has 11 heteroatoms. The zero-order chi connectivity index (χ0) is 39.6. The minimum Gasteiger partial charge on any atom is -0.496 e. The van der Waals surface area contributed by atoms with Gasteiger partial charge in [-0.05, 0) is 106 Å². The van der Waals surface area contributed by atoms with Crippen molar-refractivity contribution in [2.24, 2.45) is 29.1 Å². The molecule has 0 unspecified atom stereocenters. The van der Waals surface area contributed by atoms with Gasteiger partial charge in [0, 0.05) is 60.0 Å². The quantitative estimate of drug-likeness (QED) is 0.187. The van der Waals surface area contributed by atoms with Crippen LogP contribution >= 0.6 is 0 Å². The van der Waals surface area contributed by atoms with Gasteiger partial charge < -0.3 is 35.4 Å². The van der Waals surface area contributed by atoms with E-state index >= 15 is 0 Å². The fourth-order valence-corrected chi connectivity index (χ4v) is 10.3. The molecule has 2 aliphatic heterocycles. The largest absolute Gasteiger partial charge is 0.496 e. The van der Waals surface area contributed by atoms with Gasteiger partial charge in [-0.3, -0.25) is 14.4 Å². The number of nitrogens with one attached hydrogen (secondary N) is 2. The lowest BCUT2D eigenvalue weighted by molar-refractivity contribution is -0.183. The second-order valence-corrected chi connectivity index (χ2v) is 17.8. The maximum atomic E-state index is 14.3. The number of hydrogen-bond donors (Lipinski definition) is 4. The van der Waals surface area contributed by atoms with Gasteiger partial charge in [0.25, 0.3) is 5.91 Å². The fraction of sp³-hybridized carbons (Fsp3) is 0.682. The van der Waals surface area contributed by atoms with Crippen LogP contribution in [0, 0.1) is 29.1 Å². The number of amides is 2. The molecular formula is C44H67N5O6. The van der Waals surface area contributed by atoms with Crippen molar-refractivity contribution in [2.75, 3.05) is 52.3 Å². The van der Waals surface area contributed by atoms with Crippen molar-refractivity contribution in [1.82, 2.24) is 20.6 Å². The lowest BCUT2D eigenvalue weighted by atomic mass is 9.45. The number of piperidine rings is 1. The monoisotopic (exact) mass is 762 g/mol. The highest BCUT2D eigenvalue weighted by molar-refractivity contribution is 5.97. The van der Waals surface area contributed by atoms with Crippen molar-refractivity contribution in [3.8, 4) is 16.9 Å². The first-order valence-corrected chi connectivity index (χ1v) is 20.8. The lowest BCUT2D eigenvalue weighted by Gasteiger charge is -2.62. The summed E-state index contributed by atoms with van der Waals surface area (Å²) in [5, 5.41) is 29.7. The van der Waals surface area contributed by atoms with Gasteiger partial charge in [0.05, 0.1) is 26.4 Å². The van der Waals surface area contributed by atoms with E-state index in [-0.39, 0.29) is 42.5 Å². The number of carbonyl (C=O) groups is 2. The summed E-state index contributed by atoms with van der Waals surface area (Å²) in [7, 11) is 5.70. The Kier molecular flexibility index (Phi) is 13.2. The van der Waals surface area contributed by atoms with E-state index in [4.69, 9.17) is 9.57 Å². The van der Waals surface area contributed by atoms with Crippen LogP contribution in [0.15, 0.2) is 36.4 Å². The van der Waals surface area contributed by atoms with Crippen LogP contribution < -0.4 is 20.3 Å². The number of aliphatic hydroxyl groups excluding tert-OH is 2. The Balaban J connectivity index is 1.31. The molecule has 55 heavy (non-hydrogen) atoms. The SMILES string of the molecule is CCC[C@@H](CN(C)C)NC(=O)c1cc(-c2cccc(CN3O[C@@H](CO)[C@@H]([C@H](C)O)[C@H]3C(=O)N[C@H]3C[C@H]4C[C@@H]([C@@H]3C)C4(C)C)c2OC)cc(N2CCCCC2)c1. The standard InChI is InChI=1S/C44H67N5O6/c1-9-14-33(25-47(6)7)45-42(52)31-19-30(20-34(21-31)48-17-11-10-12-18-48)35-16-13-15-29(41(35)54-8)24-49-40(39(28(3)51)38(26-50)55-49)43(53)46-37-23-32-22-36(27(37)2)44(32,4)5/h13,15-16,19-21,27-28,32-33,36-40,50-51H,9-12,14,17-18,22-26H2,1-8H3,(H,45,52)(H,46,53)/t27-,28-,32+,33-,36-,37-,38-,39+,40-/m0/s1. The third-order valence-corrected chi connectivity index (χ3v) is 13.5. The van der Waals surface area contributed by atoms with Gasteiger partial charge in [-0.2, -0.15) is 5.06 Å². The molecule has 304 valence electrons. The summed E-state index contributed by atoms with van der Waals surface area (Å²) in [4.78, 5) is 39.1. The van der Waals surface area contributed by atoms with Crippen LogP contribution in [0.1, 0.15) is 95.5 Å². The van der Waals surface area contributed by atoms with Crippen LogP contribution in [-0.2, 0) is 16.2 Å². The van der Waals surface area contributed by atoms with Gasteiger partial charge in [0.2, 0.25) is 5.91 Å². The van der Waals surface area contributed by atoms with E-state index in [9.17, 15) is 19.8 Å². The van der Waals surface area contributed by atoms with E-state index in [2.05, 4.69) is 54.2 Å². The number of carbonyl (C=O) groups excluding carboxylic acids is 2. The summed E-state index contributed by atoms with van der Waals surface area (Å²) in [6.07, 6.45) is 5.80. The molecule has 0 radical (unpaired) electrons. The summed E-state index contributed by atoms with van der Waals surface area (Å²) < 4.78 is 6.16. The van der Waals surface area contributed by atoms with Crippen molar-refractivity contribution < 1.29 is 29.4 Å². The topological polar surface area (TPSA) is 127 Å².